The average Bonchev–Trinajstić information content (AvgIpc) is 3.00. The van der Waals surface area contributed by atoms with E-state index in [1.165, 1.54) is 0 Å². The van der Waals surface area contributed by atoms with E-state index < -0.39 is 0 Å². The lowest BCUT2D eigenvalue weighted by atomic mass is 10.2. The van der Waals surface area contributed by atoms with Crippen molar-refractivity contribution in [3.8, 4) is 0 Å². The van der Waals surface area contributed by atoms with Gasteiger partial charge in [-0.15, -0.1) is 0 Å². The second-order valence-electron chi connectivity index (χ2n) is 5.57. The van der Waals surface area contributed by atoms with Gasteiger partial charge in [-0.2, -0.15) is 0 Å². The summed E-state index contributed by atoms with van der Waals surface area (Å²) in [6.45, 7) is 6.92. The van der Waals surface area contributed by atoms with Crippen molar-refractivity contribution in [3.63, 3.8) is 0 Å². The summed E-state index contributed by atoms with van der Waals surface area (Å²) in [6.07, 6.45) is 5.12. The molecule has 0 unspecified atom stereocenters. The number of piperazine rings is 1. The van der Waals surface area contributed by atoms with Gasteiger partial charge in [-0.1, -0.05) is 5.16 Å². The van der Waals surface area contributed by atoms with Gasteiger partial charge in [-0.25, -0.2) is 4.98 Å². The standard InChI is InChI=1S/C15H20N6O2/c1-11-9-13(19-23-11)18-15(22)12(2)20-5-7-21(8-6-20)14-10-16-3-4-17-14/h3-4,9-10,12H,5-8H2,1-2H3,(H,18,19,22)/t12-/m1/s1. The third-order valence-corrected chi connectivity index (χ3v) is 3.99. The Balaban J connectivity index is 1.53. The molecule has 0 bridgehead atoms. The molecule has 3 rings (SSSR count). The van der Waals surface area contributed by atoms with Crippen molar-refractivity contribution >= 4 is 17.5 Å². The zero-order valence-corrected chi connectivity index (χ0v) is 13.3. The lowest BCUT2D eigenvalue weighted by Crippen LogP contribution is -2.53. The van der Waals surface area contributed by atoms with Gasteiger partial charge in [0.05, 0.1) is 12.2 Å². The van der Waals surface area contributed by atoms with Crippen LogP contribution in [0.15, 0.2) is 29.2 Å². The Labute approximate surface area is 134 Å². The van der Waals surface area contributed by atoms with Gasteiger partial charge in [-0.3, -0.25) is 14.7 Å². The van der Waals surface area contributed by atoms with Crippen LogP contribution in [0, 0.1) is 6.92 Å². The van der Waals surface area contributed by atoms with Gasteiger partial charge in [0.1, 0.15) is 11.6 Å². The third kappa shape index (κ3) is 3.65. The molecule has 3 heterocycles. The second-order valence-corrected chi connectivity index (χ2v) is 5.57. The van der Waals surface area contributed by atoms with E-state index in [0.717, 1.165) is 32.0 Å². The van der Waals surface area contributed by atoms with Crippen molar-refractivity contribution in [1.29, 1.82) is 0 Å². The number of aryl methyl sites for hydroxylation is 1. The molecule has 0 radical (unpaired) electrons. The first-order chi connectivity index (χ1) is 11.1. The molecule has 1 amide bonds. The van der Waals surface area contributed by atoms with E-state index in [4.69, 9.17) is 4.52 Å². The van der Waals surface area contributed by atoms with Crippen molar-refractivity contribution in [2.24, 2.45) is 0 Å². The Hall–Kier alpha value is -2.48. The summed E-state index contributed by atoms with van der Waals surface area (Å²) in [5.41, 5.74) is 0. The molecule has 23 heavy (non-hydrogen) atoms. The fourth-order valence-corrected chi connectivity index (χ4v) is 2.61. The van der Waals surface area contributed by atoms with Crippen LogP contribution in [-0.2, 0) is 4.79 Å². The normalized spacial score (nSPS) is 17.0. The Bertz CT molecular complexity index is 651. The minimum atomic E-state index is -0.226. The number of carbonyl (C=O) groups is 1. The number of nitrogens with zero attached hydrogens (tertiary/aromatic N) is 5. The Morgan fingerprint density at radius 1 is 1.30 bits per heavy atom. The van der Waals surface area contributed by atoms with Crippen LogP contribution in [0.4, 0.5) is 11.6 Å². The highest BCUT2D eigenvalue weighted by molar-refractivity contribution is 5.93. The first-order valence-electron chi connectivity index (χ1n) is 7.62. The van der Waals surface area contributed by atoms with Crippen LogP contribution in [0.1, 0.15) is 12.7 Å². The Morgan fingerprint density at radius 2 is 2.09 bits per heavy atom. The van der Waals surface area contributed by atoms with Crippen LogP contribution in [0.5, 0.6) is 0 Å². The van der Waals surface area contributed by atoms with Gasteiger partial charge in [0, 0.05) is 44.6 Å². The number of amides is 1. The molecule has 1 N–H and O–H groups in total. The number of carbonyl (C=O) groups excluding carboxylic acids is 1. The predicted octanol–water partition coefficient (Wildman–Crippen LogP) is 0.922. The molecule has 1 saturated heterocycles. The predicted molar refractivity (Wildman–Crippen MR) is 85.1 cm³/mol. The van der Waals surface area contributed by atoms with Gasteiger partial charge in [-0.05, 0) is 13.8 Å². The van der Waals surface area contributed by atoms with Gasteiger partial charge < -0.3 is 14.7 Å². The van der Waals surface area contributed by atoms with E-state index in [-0.39, 0.29) is 11.9 Å². The molecule has 8 nitrogen and oxygen atoms in total. The summed E-state index contributed by atoms with van der Waals surface area (Å²) in [5.74, 6) is 1.93. The molecule has 1 atom stereocenters. The highest BCUT2D eigenvalue weighted by Gasteiger charge is 2.26. The highest BCUT2D eigenvalue weighted by Crippen LogP contribution is 2.14. The number of hydrogen-bond acceptors (Lipinski definition) is 7. The maximum absolute atomic E-state index is 12.3. The Kier molecular flexibility index (Phi) is 4.52. The first kappa shape index (κ1) is 15.4. The zero-order chi connectivity index (χ0) is 16.2. The smallest absolute Gasteiger partial charge is 0.242 e. The van der Waals surface area contributed by atoms with E-state index in [2.05, 4.69) is 30.2 Å². The molecule has 0 aliphatic carbocycles. The van der Waals surface area contributed by atoms with Crippen LogP contribution in [0.25, 0.3) is 0 Å². The molecular formula is C15H20N6O2. The van der Waals surface area contributed by atoms with Crippen molar-refractivity contribution in [2.75, 3.05) is 36.4 Å². The summed E-state index contributed by atoms with van der Waals surface area (Å²) in [6, 6.07) is 1.48. The number of anilines is 2. The maximum Gasteiger partial charge on any atom is 0.242 e. The molecular weight excluding hydrogens is 296 g/mol. The lowest BCUT2D eigenvalue weighted by molar-refractivity contribution is -0.120. The van der Waals surface area contributed by atoms with Crippen molar-refractivity contribution in [3.05, 3.63) is 30.4 Å². The van der Waals surface area contributed by atoms with Crippen LogP contribution in [0.3, 0.4) is 0 Å². The van der Waals surface area contributed by atoms with Gasteiger partial charge >= 0.3 is 0 Å². The summed E-state index contributed by atoms with van der Waals surface area (Å²) >= 11 is 0. The minimum Gasteiger partial charge on any atom is -0.360 e. The molecule has 2 aromatic rings. The molecule has 2 aromatic heterocycles. The summed E-state index contributed by atoms with van der Waals surface area (Å²) in [5, 5.41) is 6.57. The fraction of sp³-hybridized carbons (Fsp3) is 0.467. The summed E-state index contributed by atoms with van der Waals surface area (Å²) in [7, 11) is 0. The van der Waals surface area contributed by atoms with Gasteiger partial charge in [0.15, 0.2) is 5.82 Å². The third-order valence-electron chi connectivity index (χ3n) is 3.99. The molecule has 0 spiro atoms. The molecule has 8 heteroatoms. The van der Waals surface area contributed by atoms with Crippen LogP contribution >= 0.6 is 0 Å². The summed E-state index contributed by atoms with van der Waals surface area (Å²) < 4.78 is 4.96. The van der Waals surface area contributed by atoms with Crippen LogP contribution < -0.4 is 10.2 Å². The quantitative estimate of drug-likeness (QED) is 0.897. The second kappa shape index (κ2) is 6.74. The largest absolute Gasteiger partial charge is 0.360 e. The average molecular weight is 316 g/mol. The Morgan fingerprint density at radius 3 is 2.70 bits per heavy atom. The van der Waals surface area contributed by atoms with E-state index in [1.807, 2.05) is 6.92 Å². The SMILES string of the molecule is Cc1cc(NC(=O)[C@@H](C)N2CCN(c3cnccn3)CC2)no1. The van der Waals surface area contributed by atoms with Crippen molar-refractivity contribution in [1.82, 2.24) is 20.0 Å². The zero-order valence-electron chi connectivity index (χ0n) is 13.3. The van der Waals surface area contributed by atoms with Crippen LogP contribution in [0.2, 0.25) is 0 Å². The summed E-state index contributed by atoms with van der Waals surface area (Å²) in [4.78, 5) is 25.0. The van der Waals surface area contributed by atoms with E-state index >= 15 is 0 Å². The maximum atomic E-state index is 12.3. The first-order valence-corrected chi connectivity index (χ1v) is 7.62. The fourth-order valence-electron chi connectivity index (χ4n) is 2.61. The van der Waals surface area contributed by atoms with Crippen molar-refractivity contribution < 1.29 is 9.32 Å². The molecule has 0 aromatic carbocycles. The molecule has 1 aliphatic heterocycles. The van der Waals surface area contributed by atoms with Gasteiger partial charge in [0.25, 0.3) is 0 Å². The number of nitrogens with one attached hydrogen (secondary N) is 1. The van der Waals surface area contributed by atoms with E-state index in [1.54, 1.807) is 31.6 Å². The number of rotatable bonds is 4. The molecule has 1 fully saturated rings. The molecule has 0 saturated carbocycles. The van der Waals surface area contributed by atoms with E-state index in [9.17, 15) is 4.79 Å². The number of aromatic nitrogens is 3. The monoisotopic (exact) mass is 316 g/mol. The lowest BCUT2D eigenvalue weighted by Gasteiger charge is -2.37. The highest BCUT2D eigenvalue weighted by atomic mass is 16.5. The van der Waals surface area contributed by atoms with Crippen LogP contribution in [-0.4, -0.2) is 58.2 Å². The minimum absolute atomic E-state index is 0.0775. The topological polar surface area (TPSA) is 87.4 Å². The van der Waals surface area contributed by atoms with Crippen molar-refractivity contribution in [2.45, 2.75) is 19.9 Å². The molecule has 1 aliphatic rings. The van der Waals surface area contributed by atoms with E-state index in [0.29, 0.717) is 11.6 Å². The van der Waals surface area contributed by atoms with Gasteiger partial charge in [0.2, 0.25) is 5.91 Å². The molecule has 122 valence electrons. The number of hydrogen-bond donors (Lipinski definition) is 1.